The van der Waals surface area contributed by atoms with Crippen LogP contribution in [0.3, 0.4) is 0 Å². The molecule has 0 saturated carbocycles. The van der Waals surface area contributed by atoms with Crippen molar-refractivity contribution in [3.63, 3.8) is 0 Å². The summed E-state index contributed by atoms with van der Waals surface area (Å²) in [4.78, 5) is 18.2. The van der Waals surface area contributed by atoms with Crippen LogP contribution in [-0.4, -0.2) is 56.2 Å². The van der Waals surface area contributed by atoms with Crippen molar-refractivity contribution in [2.75, 3.05) is 33.2 Å². The highest BCUT2D eigenvalue weighted by Gasteiger charge is 2.29. The van der Waals surface area contributed by atoms with Gasteiger partial charge in [0, 0.05) is 52.0 Å². The molecule has 8 heteroatoms. The van der Waals surface area contributed by atoms with Crippen molar-refractivity contribution in [2.24, 2.45) is 10.9 Å². The van der Waals surface area contributed by atoms with Crippen molar-refractivity contribution in [3.8, 4) is 0 Å². The molecule has 0 aliphatic carbocycles. The molecule has 1 aromatic carbocycles. The minimum Gasteiger partial charge on any atom is -0.356 e. The standard InChI is InChI=1S/C20H29F3N4O/c1-24-19(25-11-6-5-10-20(21,22)23)26-14-17-13-18(28)27(15-17)12-9-16-7-3-2-4-8-16/h2-4,7-8,17H,5-6,9-15H2,1H3,(H2,24,25,26). The lowest BCUT2D eigenvalue weighted by molar-refractivity contribution is -0.135. The zero-order valence-corrected chi connectivity index (χ0v) is 16.3. The van der Waals surface area contributed by atoms with Crippen LogP contribution in [0, 0.1) is 5.92 Å². The molecule has 1 unspecified atom stereocenters. The van der Waals surface area contributed by atoms with Gasteiger partial charge in [-0.05, 0) is 24.8 Å². The molecule has 1 aliphatic heterocycles. The summed E-state index contributed by atoms with van der Waals surface area (Å²) in [5.41, 5.74) is 1.21. The predicted octanol–water partition coefficient (Wildman–Crippen LogP) is 2.98. The normalized spacial score (nSPS) is 17.9. The van der Waals surface area contributed by atoms with Crippen molar-refractivity contribution >= 4 is 11.9 Å². The van der Waals surface area contributed by atoms with Crippen LogP contribution in [0.25, 0.3) is 0 Å². The summed E-state index contributed by atoms with van der Waals surface area (Å²) >= 11 is 0. The molecule has 2 N–H and O–H groups in total. The van der Waals surface area contributed by atoms with Gasteiger partial charge in [0.05, 0.1) is 0 Å². The van der Waals surface area contributed by atoms with Gasteiger partial charge in [0.15, 0.2) is 5.96 Å². The van der Waals surface area contributed by atoms with E-state index in [9.17, 15) is 18.0 Å². The first-order chi connectivity index (χ1) is 13.4. The number of aliphatic imine (C=N–C) groups is 1. The summed E-state index contributed by atoms with van der Waals surface area (Å²) in [5.74, 6) is 0.923. The smallest absolute Gasteiger partial charge is 0.356 e. The van der Waals surface area contributed by atoms with E-state index in [2.05, 4.69) is 27.8 Å². The minimum atomic E-state index is -4.10. The summed E-state index contributed by atoms with van der Waals surface area (Å²) in [7, 11) is 1.62. The molecule has 1 aliphatic rings. The lowest BCUT2D eigenvalue weighted by atomic mass is 10.1. The average Bonchev–Trinajstić information content (AvgIpc) is 3.02. The number of benzene rings is 1. The van der Waals surface area contributed by atoms with E-state index in [1.54, 1.807) is 7.05 Å². The summed E-state index contributed by atoms with van der Waals surface area (Å²) in [6.45, 7) is 2.46. The Labute approximate surface area is 164 Å². The highest BCUT2D eigenvalue weighted by atomic mass is 19.4. The van der Waals surface area contributed by atoms with Gasteiger partial charge in [-0.2, -0.15) is 13.2 Å². The number of hydrogen-bond donors (Lipinski definition) is 2. The maximum absolute atomic E-state index is 12.2. The molecule has 1 atom stereocenters. The molecule has 28 heavy (non-hydrogen) atoms. The highest BCUT2D eigenvalue weighted by Crippen LogP contribution is 2.22. The maximum Gasteiger partial charge on any atom is 0.389 e. The predicted molar refractivity (Wildman–Crippen MR) is 104 cm³/mol. The van der Waals surface area contributed by atoms with Crippen LogP contribution in [0.1, 0.15) is 31.2 Å². The van der Waals surface area contributed by atoms with E-state index in [-0.39, 0.29) is 18.2 Å². The van der Waals surface area contributed by atoms with Crippen LogP contribution in [0.2, 0.25) is 0 Å². The van der Waals surface area contributed by atoms with Crippen molar-refractivity contribution < 1.29 is 18.0 Å². The average molecular weight is 398 g/mol. The van der Waals surface area contributed by atoms with E-state index in [0.29, 0.717) is 45.0 Å². The highest BCUT2D eigenvalue weighted by molar-refractivity contribution is 5.80. The molecule has 0 aromatic heterocycles. The maximum atomic E-state index is 12.2. The number of unbranched alkanes of at least 4 members (excludes halogenated alkanes) is 1. The van der Waals surface area contributed by atoms with Crippen molar-refractivity contribution in [3.05, 3.63) is 35.9 Å². The summed E-state index contributed by atoms with van der Waals surface area (Å²) < 4.78 is 36.4. The second-order valence-electron chi connectivity index (χ2n) is 7.10. The number of hydrogen-bond acceptors (Lipinski definition) is 2. The molecule has 1 fully saturated rings. The third-order valence-corrected chi connectivity index (χ3v) is 4.77. The van der Waals surface area contributed by atoms with Crippen LogP contribution in [0.4, 0.5) is 13.2 Å². The van der Waals surface area contributed by atoms with Gasteiger partial charge < -0.3 is 15.5 Å². The summed E-state index contributed by atoms with van der Waals surface area (Å²) in [6.07, 6.45) is -2.99. The largest absolute Gasteiger partial charge is 0.389 e. The minimum absolute atomic E-state index is 0.0982. The first-order valence-electron chi connectivity index (χ1n) is 9.70. The molecule has 1 aromatic rings. The molecule has 156 valence electrons. The van der Waals surface area contributed by atoms with Crippen molar-refractivity contribution in [1.29, 1.82) is 0 Å². The number of rotatable bonds is 9. The molecule has 1 heterocycles. The Bertz CT molecular complexity index is 634. The third kappa shape index (κ3) is 8.19. The van der Waals surface area contributed by atoms with Gasteiger partial charge in [-0.1, -0.05) is 30.3 Å². The SMILES string of the molecule is CN=C(NCCCCC(F)(F)F)NCC1CC(=O)N(CCc2ccccc2)C1. The summed E-state index contributed by atoms with van der Waals surface area (Å²) in [6, 6.07) is 10.1. The quantitative estimate of drug-likeness (QED) is 0.382. The molecule has 1 amide bonds. The van der Waals surface area contributed by atoms with Gasteiger partial charge in [0.1, 0.15) is 0 Å². The van der Waals surface area contributed by atoms with Gasteiger partial charge in [-0.25, -0.2) is 0 Å². The van der Waals surface area contributed by atoms with Crippen LogP contribution in [0.15, 0.2) is 35.3 Å². The Balaban J connectivity index is 1.64. The number of amides is 1. The molecule has 0 bridgehead atoms. The van der Waals surface area contributed by atoms with E-state index >= 15 is 0 Å². The van der Waals surface area contributed by atoms with Crippen molar-refractivity contribution in [1.82, 2.24) is 15.5 Å². The number of nitrogens with zero attached hydrogens (tertiary/aromatic N) is 2. The van der Waals surface area contributed by atoms with Crippen LogP contribution in [-0.2, 0) is 11.2 Å². The lowest BCUT2D eigenvalue weighted by Gasteiger charge is -2.18. The Morgan fingerprint density at radius 3 is 2.64 bits per heavy atom. The Kier molecular flexibility index (Phi) is 8.60. The molecule has 2 rings (SSSR count). The van der Waals surface area contributed by atoms with E-state index in [4.69, 9.17) is 0 Å². The van der Waals surface area contributed by atoms with Gasteiger partial charge in [-0.15, -0.1) is 0 Å². The fourth-order valence-corrected chi connectivity index (χ4v) is 3.23. The zero-order valence-electron chi connectivity index (χ0n) is 16.3. The first kappa shape index (κ1) is 22.0. The number of carbonyl (C=O) groups excluding carboxylic acids is 1. The van der Waals surface area contributed by atoms with Gasteiger partial charge in [-0.3, -0.25) is 9.79 Å². The molecular formula is C20H29F3N4O. The second kappa shape index (κ2) is 10.9. The number of nitrogens with one attached hydrogen (secondary N) is 2. The number of guanidine groups is 1. The van der Waals surface area contributed by atoms with Gasteiger partial charge >= 0.3 is 6.18 Å². The third-order valence-electron chi connectivity index (χ3n) is 4.77. The topological polar surface area (TPSA) is 56.7 Å². The Hall–Kier alpha value is -2.25. The number of carbonyl (C=O) groups is 1. The monoisotopic (exact) mass is 398 g/mol. The number of alkyl halides is 3. The van der Waals surface area contributed by atoms with E-state index in [0.717, 1.165) is 6.42 Å². The summed E-state index contributed by atoms with van der Waals surface area (Å²) in [5, 5.41) is 6.19. The molecule has 5 nitrogen and oxygen atoms in total. The van der Waals surface area contributed by atoms with Crippen LogP contribution >= 0.6 is 0 Å². The second-order valence-corrected chi connectivity index (χ2v) is 7.10. The fourth-order valence-electron chi connectivity index (χ4n) is 3.23. The first-order valence-corrected chi connectivity index (χ1v) is 9.70. The van der Waals surface area contributed by atoms with E-state index in [1.807, 2.05) is 23.1 Å². The van der Waals surface area contributed by atoms with E-state index < -0.39 is 12.6 Å². The van der Waals surface area contributed by atoms with Gasteiger partial charge in [0.25, 0.3) is 0 Å². The zero-order chi connectivity index (χ0) is 20.4. The number of likely N-dealkylation sites (tertiary alicyclic amines) is 1. The van der Waals surface area contributed by atoms with Crippen molar-refractivity contribution in [2.45, 2.75) is 38.3 Å². The molecule has 0 spiro atoms. The molecule has 0 radical (unpaired) electrons. The van der Waals surface area contributed by atoms with Crippen LogP contribution in [0.5, 0.6) is 0 Å². The molecule has 1 saturated heterocycles. The fraction of sp³-hybridized carbons (Fsp3) is 0.600. The lowest BCUT2D eigenvalue weighted by Crippen LogP contribution is -2.40. The number of halogens is 3. The molecular weight excluding hydrogens is 369 g/mol. The Morgan fingerprint density at radius 1 is 1.21 bits per heavy atom. The van der Waals surface area contributed by atoms with Gasteiger partial charge in [0.2, 0.25) is 5.91 Å². The van der Waals surface area contributed by atoms with Crippen LogP contribution < -0.4 is 10.6 Å². The van der Waals surface area contributed by atoms with E-state index in [1.165, 1.54) is 5.56 Å². The Morgan fingerprint density at radius 2 is 1.96 bits per heavy atom.